The van der Waals surface area contributed by atoms with Crippen molar-refractivity contribution < 1.29 is 17.4 Å². The van der Waals surface area contributed by atoms with E-state index in [1.807, 2.05) is 19.1 Å². The van der Waals surface area contributed by atoms with Gasteiger partial charge in [-0.1, -0.05) is 23.7 Å². The molecule has 0 saturated carbocycles. The lowest BCUT2D eigenvalue weighted by Gasteiger charge is -2.26. The molecule has 6 nitrogen and oxygen atoms in total. The topological polar surface area (TPSA) is 97.5 Å². The molecule has 9 heteroatoms. The standard InChI is InChI=1S/C17H19ClN2O4S2/c1-11(12-4-6-13(7-5-12)25(3)22)20(2)17(21)15-9-8-14(10-16(15)18)26(19,23)24/h4-11H,1-3H3,(H2,19,23,24)/t11-,25-/m0/s1. The third-order valence-electron chi connectivity index (χ3n) is 4.10. The fraction of sp³-hybridized carbons (Fsp3) is 0.235. The fourth-order valence-electron chi connectivity index (χ4n) is 2.37. The van der Waals surface area contributed by atoms with Gasteiger partial charge in [0.25, 0.3) is 5.91 Å². The summed E-state index contributed by atoms with van der Waals surface area (Å²) in [7, 11) is -3.33. The van der Waals surface area contributed by atoms with Crippen LogP contribution < -0.4 is 5.14 Å². The van der Waals surface area contributed by atoms with Crippen LogP contribution in [0.5, 0.6) is 0 Å². The second kappa shape index (κ2) is 7.87. The van der Waals surface area contributed by atoms with Crippen LogP contribution in [0.1, 0.15) is 28.9 Å². The minimum absolute atomic E-state index is 0.0114. The van der Waals surface area contributed by atoms with Crippen LogP contribution in [-0.4, -0.2) is 36.7 Å². The summed E-state index contributed by atoms with van der Waals surface area (Å²) in [6, 6.07) is 10.6. The van der Waals surface area contributed by atoms with Crippen molar-refractivity contribution in [1.29, 1.82) is 0 Å². The average Bonchev–Trinajstić information content (AvgIpc) is 2.59. The predicted octanol–water partition coefficient (Wildman–Crippen LogP) is 2.56. The highest BCUT2D eigenvalue weighted by molar-refractivity contribution is 7.89. The summed E-state index contributed by atoms with van der Waals surface area (Å²) in [6.07, 6.45) is 1.60. The van der Waals surface area contributed by atoms with Crippen molar-refractivity contribution in [2.45, 2.75) is 22.8 Å². The lowest BCUT2D eigenvalue weighted by Crippen LogP contribution is -2.30. The van der Waals surface area contributed by atoms with E-state index in [0.29, 0.717) is 4.90 Å². The number of primary sulfonamides is 1. The van der Waals surface area contributed by atoms with Gasteiger partial charge < -0.3 is 4.90 Å². The third-order valence-corrected chi connectivity index (χ3v) is 6.25. The Bertz CT molecular complexity index is 959. The Labute approximate surface area is 160 Å². The Morgan fingerprint density at radius 1 is 1.19 bits per heavy atom. The molecule has 140 valence electrons. The lowest BCUT2D eigenvalue weighted by atomic mass is 10.1. The molecule has 0 spiro atoms. The van der Waals surface area contributed by atoms with Gasteiger partial charge in [-0.15, -0.1) is 0 Å². The van der Waals surface area contributed by atoms with Gasteiger partial charge in [-0.05, 0) is 42.8 Å². The zero-order valence-corrected chi connectivity index (χ0v) is 16.9. The summed E-state index contributed by atoms with van der Waals surface area (Å²) in [6.45, 7) is 1.85. The van der Waals surface area contributed by atoms with Gasteiger partial charge in [-0.2, -0.15) is 0 Å². The molecule has 1 amide bonds. The summed E-state index contributed by atoms with van der Waals surface area (Å²) in [4.78, 5) is 14.8. The second-order valence-electron chi connectivity index (χ2n) is 5.80. The molecule has 2 N–H and O–H groups in total. The number of nitrogens with two attached hydrogens (primary N) is 1. The molecule has 0 saturated heterocycles. The first-order chi connectivity index (χ1) is 12.0. The van der Waals surface area contributed by atoms with Gasteiger partial charge in [-0.3, -0.25) is 9.00 Å². The summed E-state index contributed by atoms with van der Waals surface area (Å²) < 4.78 is 34.2. The molecule has 0 heterocycles. The third kappa shape index (κ3) is 4.50. The van der Waals surface area contributed by atoms with Crippen LogP contribution in [0.2, 0.25) is 5.02 Å². The molecule has 0 fully saturated rings. The van der Waals surface area contributed by atoms with Gasteiger partial charge in [0.05, 0.1) is 21.5 Å². The molecule has 0 aliphatic carbocycles. The van der Waals surface area contributed by atoms with Crippen LogP contribution in [0.4, 0.5) is 0 Å². The average molecular weight is 415 g/mol. The minimum atomic E-state index is -3.89. The van der Waals surface area contributed by atoms with E-state index in [1.165, 1.54) is 17.0 Å². The summed E-state index contributed by atoms with van der Waals surface area (Å²) in [5.41, 5.74) is 1.05. The molecule has 2 rings (SSSR count). The molecule has 2 atom stereocenters. The van der Waals surface area contributed by atoms with E-state index in [2.05, 4.69) is 0 Å². The zero-order chi connectivity index (χ0) is 19.6. The van der Waals surface area contributed by atoms with Crippen molar-refractivity contribution >= 4 is 38.3 Å². The highest BCUT2D eigenvalue weighted by Crippen LogP contribution is 2.26. The molecule has 26 heavy (non-hydrogen) atoms. The van der Waals surface area contributed by atoms with Crippen LogP contribution in [0.25, 0.3) is 0 Å². The van der Waals surface area contributed by atoms with E-state index in [-0.39, 0.29) is 27.4 Å². The van der Waals surface area contributed by atoms with Gasteiger partial charge >= 0.3 is 0 Å². The van der Waals surface area contributed by atoms with Crippen LogP contribution >= 0.6 is 11.6 Å². The minimum Gasteiger partial charge on any atom is -0.335 e. The van der Waals surface area contributed by atoms with Gasteiger partial charge in [0.1, 0.15) is 0 Å². The fourth-order valence-corrected chi connectivity index (χ4v) is 3.76. The highest BCUT2D eigenvalue weighted by Gasteiger charge is 2.22. The molecule has 0 aromatic heterocycles. The van der Waals surface area contributed by atoms with Crippen LogP contribution in [0, 0.1) is 0 Å². The number of carbonyl (C=O) groups is 1. The Morgan fingerprint density at radius 3 is 2.23 bits per heavy atom. The summed E-state index contributed by atoms with van der Waals surface area (Å²) in [5, 5.41) is 5.08. The molecule has 0 aliphatic heterocycles. The number of carbonyl (C=O) groups excluding carboxylic acids is 1. The Balaban J connectivity index is 2.27. The van der Waals surface area contributed by atoms with E-state index < -0.39 is 20.8 Å². The van der Waals surface area contributed by atoms with E-state index in [9.17, 15) is 17.4 Å². The van der Waals surface area contributed by atoms with Crippen molar-refractivity contribution in [3.05, 3.63) is 58.6 Å². The van der Waals surface area contributed by atoms with Crippen molar-refractivity contribution in [3.63, 3.8) is 0 Å². The maximum atomic E-state index is 12.7. The van der Waals surface area contributed by atoms with E-state index in [4.69, 9.17) is 16.7 Å². The maximum Gasteiger partial charge on any atom is 0.255 e. The first-order valence-corrected chi connectivity index (χ1v) is 11.0. The lowest BCUT2D eigenvalue weighted by molar-refractivity contribution is 0.0742. The summed E-state index contributed by atoms with van der Waals surface area (Å²) >= 11 is 6.08. The number of hydrogen-bond donors (Lipinski definition) is 1. The van der Waals surface area contributed by atoms with E-state index >= 15 is 0 Å². The maximum absolute atomic E-state index is 12.7. The molecule has 0 bridgehead atoms. The number of benzene rings is 2. The number of hydrogen-bond acceptors (Lipinski definition) is 4. The van der Waals surface area contributed by atoms with Gasteiger partial charge in [-0.25, -0.2) is 13.6 Å². The van der Waals surface area contributed by atoms with Crippen molar-refractivity contribution in [2.75, 3.05) is 13.3 Å². The van der Waals surface area contributed by atoms with E-state index in [0.717, 1.165) is 11.6 Å². The van der Waals surface area contributed by atoms with Gasteiger partial charge in [0.15, 0.2) is 0 Å². The Hall–Kier alpha value is -1.74. The number of nitrogens with zero attached hydrogens (tertiary/aromatic N) is 1. The number of rotatable bonds is 5. The van der Waals surface area contributed by atoms with Gasteiger partial charge in [0.2, 0.25) is 10.0 Å². The van der Waals surface area contributed by atoms with Crippen LogP contribution in [0.15, 0.2) is 52.3 Å². The smallest absolute Gasteiger partial charge is 0.255 e. The zero-order valence-electron chi connectivity index (χ0n) is 14.5. The quantitative estimate of drug-likeness (QED) is 0.812. The SMILES string of the molecule is C[C@@H](c1ccc([S@](C)=O)cc1)N(C)C(=O)c1ccc(S(N)(=O)=O)cc1Cl. The molecule has 0 unspecified atom stereocenters. The first-order valence-electron chi connectivity index (χ1n) is 7.55. The molecule has 0 radical (unpaired) electrons. The Morgan fingerprint density at radius 2 is 1.77 bits per heavy atom. The number of halogens is 1. The van der Waals surface area contributed by atoms with Crippen molar-refractivity contribution in [1.82, 2.24) is 4.90 Å². The molecule has 0 aliphatic rings. The predicted molar refractivity (Wildman–Crippen MR) is 102 cm³/mol. The molecular weight excluding hydrogens is 396 g/mol. The normalized spacial score (nSPS) is 13.9. The van der Waals surface area contributed by atoms with Crippen molar-refractivity contribution in [3.8, 4) is 0 Å². The van der Waals surface area contributed by atoms with Crippen LogP contribution in [0.3, 0.4) is 0 Å². The largest absolute Gasteiger partial charge is 0.335 e. The summed E-state index contributed by atoms with van der Waals surface area (Å²) in [5.74, 6) is -0.355. The molecular formula is C17H19ClN2O4S2. The molecule has 2 aromatic rings. The number of sulfonamides is 1. The van der Waals surface area contributed by atoms with Crippen molar-refractivity contribution in [2.24, 2.45) is 5.14 Å². The first kappa shape index (κ1) is 20.6. The van der Waals surface area contributed by atoms with Crippen LogP contribution in [-0.2, 0) is 20.8 Å². The van der Waals surface area contributed by atoms with Gasteiger partial charge in [0, 0.05) is 29.0 Å². The molecule has 2 aromatic carbocycles. The number of amides is 1. The monoisotopic (exact) mass is 414 g/mol. The second-order valence-corrected chi connectivity index (χ2v) is 9.15. The highest BCUT2D eigenvalue weighted by atomic mass is 35.5. The van der Waals surface area contributed by atoms with E-state index in [1.54, 1.807) is 25.4 Å². The Kier molecular flexibility index (Phi) is 6.23.